The van der Waals surface area contributed by atoms with Gasteiger partial charge in [0.15, 0.2) is 0 Å². The molecule has 3 nitrogen and oxygen atoms in total. The van der Waals surface area contributed by atoms with Crippen LogP contribution in [-0.4, -0.2) is 49.3 Å². The SMILES string of the molecule is CCNC(CC1CCOCC1)C(C)(C)N1CCCCCC1. The van der Waals surface area contributed by atoms with Crippen molar-refractivity contribution in [1.29, 1.82) is 0 Å². The lowest BCUT2D eigenvalue weighted by atomic mass is 9.82. The van der Waals surface area contributed by atoms with Gasteiger partial charge in [0, 0.05) is 24.8 Å². The fourth-order valence-corrected chi connectivity index (χ4v) is 4.05. The number of hydrogen-bond acceptors (Lipinski definition) is 3. The first kappa shape index (κ1) is 17.2. The van der Waals surface area contributed by atoms with Crippen LogP contribution in [0.1, 0.15) is 65.7 Å². The molecule has 1 unspecified atom stereocenters. The summed E-state index contributed by atoms with van der Waals surface area (Å²) < 4.78 is 5.53. The Hall–Kier alpha value is -0.120. The maximum Gasteiger partial charge on any atom is 0.0468 e. The van der Waals surface area contributed by atoms with Gasteiger partial charge in [-0.25, -0.2) is 0 Å². The summed E-state index contributed by atoms with van der Waals surface area (Å²) in [7, 11) is 0. The van der Waals surface area contributed by atoms with Gasteiger partial charge in [0.05, 0.1) is 0 Å². The Balaban J connectivity index is 1.99. The monoisotopic (exact) mass is 296 g/mol. The number of rotatable bonds is 6. The van der Waals surface area contributed by atoms with Crippen molar-refractivity contribution in [3.8, 4) is 0 Å². The quantitative estimate of drug-likeness (QED) is 0.812. The predicted molar refractivity (Wildman–Crippen MR) is 89.7 cm³/mol. The minimum atomic E-state index is 0.263. The topological polar surface area (TPSA) is 24.5 Å². The fourth-order valence-electron chi connectivity index (χ4n) is 4.05. The average molecular weight is 296 g/mol. The van der Waals surface area contributed by atoms with Crippen molar-refractivity contribution in [3.63, 3.8) is 0 Å². The van der Waals surface area contributed by atoms with Crippen molar-refractivity contribution in [2.75, 3.05) is 32.8 Å². The minimum absolute atomic E-state index is 0.263. The van der Waals surface area contributed by atoms with Crippen LogP contribution in [-0.2, 0) is 4.74 Å². The predicted octanol–water partition coefficient (Wildman–Crippen LogP) is 3.44. The molecule has 2 aliphatic heterocycles. The summed E-state index contributed by atoms with van der Waals surface area (Å²) in [5.74, 6) is 0.842. The molecular weight excluding hydrogens is 260 g/mol. The van der Waals surface area contributed by atoms with E-state index >= 15 is 0 Å². The van der Waals surface area contributed by atoms with E-state index in [1.54, 1.807) is 0 Å². The van der Waals surface area contributed by atoms with Gasteiger partial charge < -0.3 is 10.1 Å². The molecule has 2 heterocycles. The van der Waals surface area contributed by atoms with E-state index in [4.69, 9.17) is 4.74 Å². The molecule has 3 heteroatoms. The molecule has 124 valence electrons. The maximum atomic E-state index is 5.53. The summed E-state index contributed by atoms with van der Waals surface area (Å²) in [5, 5.41) is 3.81. The summed E-state index contributed by atoms with van der Waals surface area (Å²) in [6.45, 7) is 12.7. The molecule has 2 saturated heterocycles. The Morgan fingerprint density at radius 2 is 1.71 bits per heavy atom. The van der Waals surface area contributed by atoms with Crippen molar-refractivity contribution < 1.29 is 4.74 Å². The van der Waals surface area contributed by atoms with Gasteiger partial charge in [-0.2, -0.15) is 0 Å². The molecule has 0 saturated carbocycles. The number of ether oxygens (including phenoxy) is 1. The van der Waals surface area contributed by atoms with Gasteiger partial charge in [-0.3, -0.25) is 4.90 Å². The van der Waals surface area contributed by atoms with Crippen LogP contribution in [0.3, 0.4) is 0 Å². The Morgan fingerprint density at radius 3 is 2.29 bits per heavy atom. The molecule has 0 radical (unpaired) electrons. The van der Waals surface area contributed by atoms with E-state index in [9.17, 15) is 0 Å². The highest BCUT2D eigenvalue weighted by atomic mass is 16.5. The highest BCUT2D eigenvalue weighted by Crippen LogP contribution is 2.30. The van der Waals surface area contributed by atoms with E-state index in [2.05, 4.69) is 31.0 Å². The highest BCUT2D eigenvalue weighted by molar-refractivity contribution is 4.95. The van der Waals surface area contributed by atoms with Crippen molar-refractivity contribution in [1.82, 2.24) is 10.2 Å². The van der Waals surface area contributed by atoms with Crippen LogP contribution >= 0.6 is 0 Å². The maximum absolute atomic E-state index is 5.53. The normalized spacial score (nSPS) is 24.7. The molecule has 1 atom stereocenters. The summed E-state index contributed by atoms with van der Waals surface area (Å²) in [5.41, 5.74) is 0.263. The van der Waals surface area contributed by atoms with E-state index in [1.807, 2.05) is 0 Å². The summed E-state index contributed by atoms with van der Waals surface area (Å²) >= 11 is 0. The zero-order valence-electron chi connectivity index (χ0n) is 14.5. The molecule has 21 heavy (non-hydrogen) atoms. The van der Waals surface area contributed by atoms with Crippen LogP contribution in [0.4, 0.5) is 0 Å². The van der Waals surface area contributed by atoms with E-state index < -0.39 is 0 Å². The Morgan fingerprint density at radius 1 is 1.10 bits per heavy atom. The van der Waals surface area contributed by atoms with Crippen LogP contribution in [0.25, 0.3) is 0 Å². The molecule has 0 aromatic carbocycles. The third-order valence-electron chi connectivity index (χ3n) is 5.63. The van der Waals surface area contributed by atoms with E-state index in [1.165, 1.54) is 58.0 Å². The van der Waals surface area contributed by atoms with Crippen LogP contribution in [0, 0.1) is 5.92 Å². The number of hydrogen-bond donors (Lipinski definition) is 1. The van der Waals surface area contributed by atoms with Gasteiger partial charge in [0.25, 0.3) is 0 Å². The smallest absolute Gasteiger partial charge is 0.0468 e. The second-order valence-electron chi connectivity index (χ2n) is 7.46. The first-order valence-electron chi connectivity index (χ1n) is 9.20. The first-order chi connectivity index (χ1) is 10.1. The summed E-state index contributed by atoms with van der Waals surface area (Å²) in [6, 6.07) is 0.601. The molecule has 2 rings (SSSR count). The van der Waals surface area contributed by atoms with Gasteiger partial charge in [-0.1, -0.05) is 19.8 Å². The molecule has 2 fully saturated rings. The van der Waals surface area contributed by atoms with Gasteiger partial charge >= 0.3 is 0 Å². The first-order valence-corrected chi connectivity index (χ1v) is 9.20. The fraction of sp³-hybridized carbons (Fsp3) is 1.00. The van der Waals surface area contributed by atoms with Gasteiger partial charge in [0.2, 0.25) is 0 Å². The summed E-state index contributed by atoms with van der Waals surface area (Å²) in [6.07, 6.45) is 9.38. The van der Waals surface area contributed by atoms with Crippen molar-refractivity contribution >= 4 is 0 Å². The Labute approximate surface area is 131 Å². The highest BCUT2D eigenvalue weighted by Gasteiger charge is 2.36. The molecule has 0 bridgehead atoms. The largest absolute Gasteiger partial charge is 0.381 e. The van der Waals surface area contributed by atoms with Crippen molar-refractivity contribution in [2.24, 2.45) is 5.92 Å². The van der Waals surface area contributed by atoms with Crippen LogP contribution in [0.2, 0.25) is 0 Å². The van der Waals surface area contributed by atoms with Gasteiger partial charge in [-0.15, -0.1) is 0 Å². The van der Waals surface area contributed by atoms with E-state index in [0.29, 0.717) is 6.04 Å². The van der Waals surface area contributed by atoms with E-state index in [0.717, 1.165) is 25.7 Å². The van der Waals surface area contributed by atoms with E-state index in [-0.39, 0.29) is 5.54 Å². The molecule has 0 aliphatic carbocycles. The van der Waals surface area contributed by atoms with Crippen LogP contribution in [0.5, 0.6) is 0 Å². The lowest BCUT2D eigenvalue weighted by Gasteiger charge is -2.45. The van der Waals surface area contributed by atoms with Crippen molar-refractivity contribution in [2.45, 2.75) is 77.3 Å². The number of nitrogens with one attached hydrogen (secondary N) is 1. The van der Waals surface area contributed by atoms with Gasteiger partial charge in [-0.05, 0) is 71.5 Å². The van der Waals surface area contributed by atoms with Crippen LogP contribution < -0.4 is 5.32 Å². The lowest BCUT2D eigenvalue weighted by Crippen LogP contribution is -2.58. The average Bonchev–Trinajstić information content (AvgIpc) is 2.77. The molecule has 0 spiro atoms. The molecule has 2 aliphatic rings. The number of likely N-dealkylation sites (tertiary alicyclic amines) is 1. The second kappa shape index (κ2) is 8.50. The molecule has 1 N–H and O–H groups in total. The molecule has 0 aromatic rings. The van der Waals surface area contributed by atoms with Gasteiger partial charge in [0.1, 0.15) is 0 Å². The summed E-state index contributed by atoms with van der Waals surface area (Å²) in [4.78, 5) is 2.76. The molecule has 0 aromatic heterocycles. The number of nitrogens with zero attached hydrogens (tertiary/aromatic N) is 1. The Bertz CT molecular complexity index is 279. The molecular formula is C18H36N2O. The Kier molecular flexibility index (Phi) is 6.97. The van der Waals surface area contributed by atoms with Crippen LogP contribution in [0.15, 0.2) is 0 Å². The lowest BCUT2D eigenvalue weighted by molar-refractivity contribution is 0.0371. The standard InChI is InChI=1S/C18H36N2O/c1-4-19-17(15-16-9-13-21-14-10-16)18(2,3)20-11-7-5-6-8-12-20/h16-17,19H,4-15H2,1-3H3. The minimum Gasteiger partial charge on any atom is -0.381 e. The zero-order chi connectivity index (χ0) is 15.1. The van der Waals surface area contributed by atoms with Crippen molar-refractivity contribution in [3.05, 3.63) is 0 Å². The zero-order valence-corrected chi connectivity index (χ0v) is 14.5. The third-order valence-corrected chi connectivity index (χ3v) is 5.63. The third kappa shape index (κ3) is 4.94. The number of likely N-dealkylation sites (N-methyl/N-ethyl adjacent to an activating group) is 1. The second-order valence-corrected chi connectivity index (χ2v) is 7.46. The molecule has 0 amide bonds.